The molecular weight excluding hydrogens is 271 g/mol. The number of aromatic amines is 1. The molecule has 0 unspecified atom stereocenters. The first-order valence-corrected chi connectivity index (χ1v) is 6.04. The number of nitrogens with one attached hydrogen (secondary N) is 1. The van der Waals surface area contributed by atoms with E-state index in [-0.39, 0.29) is 5.15 Å². The second-order valence-electron chi connectivity index (χ2n) is 3.89. The van der Waals surface area contributed by atoms with Crippen LogP contribution in [0.15, 0.2) is 24.4 Å². The first-order valence-electron chi connectivity index (χ1n) is 5.29. The highest BCUT2D eigenvalue weighted by Gasteiger charge is 2.11. The Balaban J connectivity index is 2.23. The molecule has 0 radical (unpaired) electrons. The number of hydrogen-bond donors (Lipinski definition) is 1. The van der Waals surface area contributed by atoms with Crippen LogP contribution in [0.25, 0.3) is 22.7 Å². The minimum absolute atomic E-state index is 0.250. The molecule has 1 N–H and O–H groups in total. The predicted molar refractivity (Wildman–Crippen MR) is 71.9 cm³/mol. The summed E-state index contributed by atoms with van der Waals surface area (Å²) in [6, 6.07) is 5.57. The third-order valence-corrected chi connectivity index (χ3v) is 3.29. The zero-order valence-corrected chi connectivity index (χ0v) is 10.9. The summed E-state index contributed by atoms with van der Waals surface area (Å²) >= 11 is 11.8. The van der Waals surface area contributed by atoms with Crippen molar-refractivity contribution in [3.8, 4) is 11.5 Å². The van der Waals surface area contributed by atoms with E-state index in [0.717, 1.165) is 16.8 Å². The van der Waals surface area contributed by atoms with Crippen LogP contribution in [0.1, 0.15) is 5.56 Å². The molecule has 0 amide bonds. The molecule has 0 saturated carbocycles. The topological polar surface area (TPSA) is 54.5 Å². The average Bonchev–Trinajstić information content (AvgIpc) is 2.73. The van der Waals surface area contributed by atoms with E-state index in [4.69, 9.17) is 23.2 Å². The number of imidazole rings is 1. The summed E-state index contributed by atoms with van der Waals surface area (Å²) in [5.74, 6) is 0.661. The Morgan fingerprint density at radius 2 is 2.06 bits per heavy atom. The van der Waals surface area contributed by atoms with Gasteiger partial charge in [-0.15, -0.1) is 0 Å². The quantitative estimate of drug-likeness (QED) is 0.692. The van der Waals surface area contributed by atoms with Crippen molar-refractivity contribution in [2.45, 2.75) is 6.92 Å². The van der Waals surface area contributed by atoms with Crippen molar-refractivity contribution < 1.29 is 0 Å². The van der Waals surface area contributed by atoms with E-state index in [1.807, 2.05) is 19.1 Å². The summed E-state index contributed by atoms with van der Waals surface area (Å²) in [5, 5.41) is 0.650. The number of nitrogens with zero attached hydrogens (tertiary/aromatic N) is 3. The number of H-pyrrole nitrogens is 1. The molecule has 0 bridgehead atoms. The number of fused-ring (bicyclic) bond motifs is 1. The van der Waals surface area contributed by atoms with Gasteiger partial charge in [0.15, 0.2) is 11.5 Å². The lowest BCUT2D eigenvalue weighted by Crippen LogP contribution is -1.88. The fraction of sp³-hybridized carbons (Fsp3) is 0.0833. The second kappa shape index (κ2) is 4.23. The van der Waals surface area contributed by atoms with Crippen LogP contribution < -0.4 is 0 Å². The van der Waals surface area contributed by atoms with Crippen molar-refractivity contribution in [2.75, 3.05) is 0 Å². The lowest BCUT2D eigenvalue weighted by Gasteiger charge is -1.98. The average molecular weight is 279 g/mol. The van der Waals surface area contributed by atoms with E-state index >= 15 is 0 Å². The van der Waals surface area contributed by atoms with Crippen molar-refractivity contribution in [1.82, 2.24) is 19.9 Å². The van der Waals surface area contributed by atoms with Crippen molar-refractivity contribution in [3.05, 3.63) is 40.1 Å². The number of aryl methyl sites for hydroxylation is 1. The van der Waals surface area contributed by atoms with Crippen LogP contribution in [-0.4, -0.2) is 19.9 Å². The smallest absolute Gasteiger partial charge is 0.179 e. The van der Waals surface area contributed by atoms with Crippen LogP contribution in [0, 0.1) is 6.92 Å². The molecule has 0 aliphatic rings. The van der Waals surface area contributed by atoms with Gasteiger partial charge in [0, 0.05) is 6.20 Å². The highest BCUT2D eigenvalue weighted by Crippen LogP contribution is 2.26. The number of hydrogen-bond acceptors (Lipinski definition) is 3. The van der Waals surface area contributed by atoms with Gasteiger partial charge >= 0.3 is 0 Å². The summed E-state index contributed by atoms with van der Waals surface area (Å²) in [7, 11) is 0. The summed E-state index contributed by atoms with van der Waals surface area (Å²) in [6.45, 7) is 1.98. The summed E-state index contributed by atoms with van der Waals surface area (Å²) < 4.78 is 0. The molecular formula is C12H8Cl2N4. The van der Waals surface area contributed by atoms with Crippen molar-refractivity contribution in [2.24, 2.45) is 0 Å². The molecule has 0 aliphatic carbocycles. The van der Waals surface area contributed by atoms with Gasteiger partial charge in [0.05, 0.1) is 10.5 Å². The summed E-state index contributed by atoms with van der Waals surface area (Å²) in [5.41, 5.74) is 3.10. The van der Waals surface area contributed by atoms with Gasteiger partial charge in [-0.25, -0.2) is 9.97 Å². The fourth-order valence-electron chi connectivity index (χ4n) is 1.74. The largest absolute Gasteiger partial charge is 0.335 e. The maximum Gasteiger partial charge on any atom is 0.179 e. The van der Waals surface area contributed by atoms with Gasteiger partial charge < -0.3 is 4.98 Å². The van der Waals surface area contributed by atoms with Gasteiger partial charge in [-0.05, 0) is 24.6 Å². The number of aromatic nitrogens is 4. The molecule has 4 nitrogen and oxygen atoms in total. The molecule has 0 aromatic carbocycles. The van der Waals surface area contributed by atoms with E-state index in [0.29, 0.717) is 16.5 Å². The van der Waals surface area contributed by atoms with Gasteiger partial charge in [-0.1, -0.05) is 29.3 Å². The van der Waals surface area contributed by atoms with Crippen LogP contribution in [-0.2, 0) is 0 Å². The summed E-state index contributed by atoms with van der Waals surface area (Å²) in [4.78, 5) is 15.9. The first-order chi connectivity index (χ1) is 8.65. The zero-order valence-electron chi connectivity index (χ0n) is 9.41. The molecule has 6 heteroatoms. The van der Waals surface area contributed by atoms with Crippen LogP contribution in [0.5, 0.6) is 0 Å². The minimum Gasteiger partial charge on any atom is -0.335 e. The Kier molecular flexibility index (Phi) is 2.69. The SMILES string of the molecule is Cc1cccnc1-c1nc2nc(Cl)c(Cl)cc2[nH]1. The monoisotopic (exact) mass is 278 g/mol. The van der Waals surface area contributed by atoms with E-state index in [2.05, 4.69) is 19.9 Å². The van der Waals surface area contributed by atoms with Crippen LogP contribution in [0.3, 0.4) is 0 Å². The van der Waals surface area contributed by atoms with E-state index in [1.165, 1.54) is 0 Å². The second-order valence-corrected chi connectivity index (χ2v) is 4.65. The Morgan fingerprint density at radius 3 is 2.83 bits per heavy atom. The molecule has 3 heterocycles. The van der Waals surface area contributed by atoms with Crippen molar-refractivity contribution >= 4 is 34.4 Å². The van der Waals surface area contributed by atoms with Crippen molar-refractivity contribution in [3.63, 3.8) is 0 Å². The maximum absolute atomic E-state index is 5.92. The standard InChI is InChI=1S/C12H8Cl2N4/c1-6-3-2-4-15-9(6)12-16-8-5-7(13)10(14)17-11(8)18-12/h2-5H,1H3,(H,16,17,18). The van der Waals surface area contributed by atoms with Crippen LogP contribution in [0.2, 0.25) is 10.2 Å². The summed E-state index contributed by atoms with van der Waals surface area (Å²) in [6.07, 6.45) is 1.73. The van der Waals surface area contributed by atoms with E-state index < -0.39 is 0 Å². The van der Waals surface area contributed by atoms with E-state index in [1.54, 1.807) is 12.3 Å². The first kappa shape index (κ1) is 11.4. The van der Waals surface area contributed by atoms with Gasteiger partial charge in [0.2, 0.25) is 0 Å². The Hall–Kier alpha value is -1.65. The Labute approximate surface area is 113 Å². The fourth-order valence-corrected chi connectivity index (χ4v) is 2.03. The maximum atomic E-state index is 5.92. The van der Waals surface area contributed by atoms with Gasteiger partial charge in [0.25, 0.3) is 0 Å². The molecule has 0 spiro atoms. The molecule has 90 valence electrons. The molecule has 18 heavy (non-hydrogen) atoms. The van der Waals surface area contributed by atoms with Gasteiger partial charge in [0.1, 0.15) is 10.8 Å². The van der Waals surface area contributed by atoms with Gasteiger partial charge in [-0.3, -0.25) is 4.98 Å². The number of halogens is 2. The molecule has 0 fully saturated rings. The minimum atomic E-state index is 0.250. The third-order valence-electron chi connectivity index (χ3n) is 2.62. The highest BCUT2D eigenvalue weighted by atomic mass is 35.5. The third kappa shape index (κ3) is 1.83. The van der Waals surface area contributed by atoms with Crippen molar-refractivity contribution in [1.29, 1.82) is 0 Å². The van der Waals surface area contributed by atoms with Gasteiger partial charge in [-0.2, -0.15) is 0 Å². The Morgan fingerprint density at radius 1 is 1.22 bits per heavy atom. The van der Waals surface area contributed by atoms with Crippen LogP contribution in [0.4, 0.5) is 0 Å². The molecule has 0 aliphatic heterocycles. The lowest BCUT2D eigenvalue weighted by molar-refractivity contribution is 1.20. The van der Waals surface area contributed by atoms with Crippen LogP contribution >= 0.6 is 23.2 Å². The molecule has 0 atom stereocenters. The molecule has 3 aromatic rings. The highest BCUT2D eigenvalue weighted by molar-refractivity contribution is 6.41. The molecule has 0 saturated heterocycles. The predicted octanol–water partition coefficient (Wildman–Crippen LogP) is 3.64. The molecule has 3 rings (SSSR count). The Bertz CT molecular complexity index is 697. The number of rotatable bonds is 1. The normalized spacial score (nSPS) is 11.1. The molecule has 3 aromatic heterocycles. The zero-order chi connectivity index (χ0) is 12.7. The van der Waals surface area contributed by atoms with E-state index in [9.17, 15) is 0 Å². The lowest BCUT2D eigenvalue weighted by atomic mass is 10.2. The number of pyridine rings is 2.